The van der Waals surface area contributed by atoms with E-state index in [1.54, 1.807) is 35.2 Å². The van der Waals surface area contributed by atoms with Crippen molar-refractivity contribution in [3.05, 3.63) is 71.8 Å². The Hall–Kier alpha value is -3.96. The summed E-state index contributed by atoms with van der Waals surface area (Å²) in [6.45, 7) is 1.28. The van der Waals surface area contributed by atoms with Crippen LogP contribution in [0.5, 0.6) is 0 Å². The Morgan fingerprint density at radius 1 is 0.973 bits per heavy atom. The second kappa shape index (κ2) is 11.0. The Kier molecular flexibility index (Phi) is 7.74. The maximum absolute atomic E-state index is 13.1. The highest BCUT2D eigenvalue weighted by atomic mass is 32.2. The van der Waals surface area contributed by atoms with Gasteiger partial charge in [0.2, 0.25) is 10.0 Å². The molecule has 0 spiro atoms. The molecule has 37 heavy (non-hydrogen) atoms. The van der Waals surface area contributed by atoms with E-state index in [2.05, 4.69) is 9.71 Å². The number of piperidine rings is 1. The minimum atomic E-state index is -4.14. The number of carboxylic acid groups (broad SMARTS) is 1. The molecule has 1 aliphatic heterocycles. The van der Waals surface area contributed by atoms with Crippen LogP contribution in [0.25, 0.3) is 10.8 Å². The zero-order valence-electron chi connectivity index (χ0n) is 20.1. The molecule has 0 aliphatic carbocycles. The lowest BCUT2D eigenvalue weighted by atomic mass is 10.0. The zero-order chi connectivity index (χ0) is 26.6. The van der Waals surface area contributed by atoms with Gasteiger partial charge in [0.05, 0.1) is 16.1 Å². The molecule has 0 aromatic heterocycles. The van der Waals surface area contributed by atoms with Crippen LogP contribution in [0.3, 0.4) is 0 Å². The number of rotatable bonds is 8. The number of nitrogens with one attached hydrogen (secondary N) is 1. The van der Waals surface area contributed by atoms with Gasteiger partial charge in [-0.15, -0.1) is 0 Å². The summed E-state index contributed by atoms with van der Waals surface area (Å²) in [5.41, 5.74) is 12.1. The molecule has 1 amide bonds. The van der Waals surface area contributed by atoms with Crippen molar-refractivity contribution < 1.29 is 23.1 Å². The molecular formula is C26H29N5O5S. The number of likely N-dealkylation sites (tertiary alicyclic amines) is 1. The molecule has 3 aromatic carbocycles. The smallest absolute Gasteiger partial charge is 0.322 e. The van der Waals surface area contributed by atoms with Gasteiger partial charge in [-0.05, 0) is 66.3 Å². The molecule has 1 atom stereocenters. The highest BCUT2D eigenvalue weighted by molar-refractivity contribution is 7.89. The lowest BCUT2D eigenvalue weighted by molar-refractivity contribution is -0.138. The monoisotopic (exact) mass is 523 g/mol. The zero-order valence-corrected chi connectivity index (χ0v) is 20.9. The Morgan fingerprint density at radius 2 is 1.68 bits per heavy atom. The molecule has 4 rings (SSSR count). The van der Waals surface area contributed by atoms with Gasteiger partial charge in [-0.3, -0.25) is 9.59 Å². The van der Waals surface area contributed by atoms with E-state index in [0.29, 0.717) is 29.6 Å². The van der Waals surface area contributed by atoms with Crippen LogP contribution in [0.1, 0.15) is 35.2 Å². The summed E-state index contributed by atoms with van der Waals surface area (Å²) in [6, 6.07) is 15.0. The number of fused-ring (bicyclic) bond motifs is 1. The first-order valence-electron chi connectivity index (χ1n) is 11.9. The molecular weight excluding hydrogens is 494 g/mol. The number of aliphatic carboxylic acids is 1. The van der Waals surface area contributed by atoms with Crippen LogP contribution in [0.2, 0.25) is 0 Å². The Morgan fingerprint density at radius 3 is 2.35 bits per heavy atom. The summed E-state index contributed by atoms with van der Waals surface area (Å²) in [5.74, 6) is -1.81. The summed E-state index contributed by atoms with van der Waals surface area (Å²) in [7, 11) is -4.14. The Bertz CT molecular complexity index is 1460. The number of guanidine groups is 1. The van der Waals surface area contributed by atoms with Crippen LogP contribution in [0, 0.1) is 0 Å². The van der Waals surface area contributed by atoms with Gasteiger partial charge in [0.25, 0.3) is 5.91 Å². The minimum absolute atomic E-state index is 0.0406. The van der Waals surface area contributed by atoms with Gasteiger partial charge in [0, 0.05) is 13.1 Å². The van der Waals surface area contributed by atoms with Crippen molar-refractivity contribution in [3.63, 3.8) is 0 Å². The Labute approximate surface area is 215 Å². The number of nitrogens with two attached hydrogens (primary N) is 2. The molecule has 1 aliphatic rings. The predicted molar refractivity (Wildman–Crippen MR) is 141 cm³/mol. The SMILES string of the molecule is NC(N)=Nc1cc(C[C@H](NS(=O)(=O)c2ccc3ccccc3c2)C(=O)O)ccc1C(=O)N1CCCCC1. The van der Waals surface area contributed by atoms with Crippen LogP contribution >= 0.6 is 0 Å². The number of carbonyl (C=O) groups is 2. The van der Waals surface area contributed by atoms with E-state index < -0.39 is 22.0 Å². The summed E-state index contributed by atoms with van der Waals surface area (Å²) in [4.78, 5) is 30.9. The van der Waals surface area contributed by atoms with E-state index in [1.165, 1.54) is 18.2 Å². The van der Waals surface area contributed by atoms with E-state index in [9.17, 15) is 23.1 Å². The number of hydrogen-bond donors (Lipinski definition) is 4. The van der Waals surface area contributed by atoms with Gasteiger partial charge in [-0.2, -0.15) is 4.72 Å². The van der Waals surface area contributed by atoms with Crippen LogP contribution < -0.4 is 16.2 Å². The molecule has 0 saturated carbocycles. The van der Waals surface area contributed by atoms with E-state index in [4.69, 9.17) is 11.5 Å². The van der Waals surface area contributed by atoms with Crippen molar-refractivity contribution in [3.8, 4) is 0 Å². The van der Waals surface area contributed by atoms with Crippen molar-refractivity contribution in [2.24, 2.45) is 16.5 Å². The van der Waals surface area contributed by atoms with Crippen LogP contribution in [-0.4, -0.2) is 55.4 Å². The van der Waals surface area contributed by atoms with Crippen LogP contribution in [0.4, 0.5) is 5.69 Å². The number of sulfonamides is 1. The van der Waals surface area contributed by atoms with Gasteiger partial charge < -0.3 is 21.5 Å². The first kappa shape index (κ1) is 26.1. The van der Waals surface area contributed by atoms with E-state index >= 15 is 0 Å². The van der Waals surface area contributed by atoms with Crippen molar-refractivity contribution in [1.82, 2.24) is 9.62 Å². The molecule has 1 fully saturated rings. The molecule has 10 nitrogen and oxygen atoms in total. The standard InChI is InChI=1S/C26H29N5O5S/c27-26(28)29-22-14-17(8-11-21(22)24(32)31-12-4-1-5-13-31)15-23(25(33)34)30-37(35,36)20-10-9-18-6-2-3-7-19(18)16-20/h2-3,6-11,14,16,23,30H,1,4-5,12-13,15H2,(H,33,34)(H4,27,28,29)/t23-/m0/s1. The topological polar surface area (TPSA) is 168 Å². The highest BCUT2D eigenvalue weighted by Gasteiger charge is 2.27. The normalized spacial score (nSPS) is 14.8. The third-order valence-electron chi connectivity index (χ3n) is 6.25. The molecule has 194 valence electrons. The number of hydrogen-bond acceptors (Lipinski definition) is 5. The number of carbonyl (C=O) groups excluding carboxylic acids is 1. The number of carboxylic acids is 1. The summed E-state index contributed by atoms with van der Waals surface area (Å²) in [5, 5.41) is 11.4. The number of nitrogens with zero attached hydrogens (tertiary/aromatic N) is 2. The molecule has 0 bridgehead atoms. The summed E-state index contributed by atoms with van der Waals surface area (Å²) >= 11 is 0. The first-order valence-corrected chi connectivity index (χ1v) is 13.4. The van der Waals surface area contributed by atoms with Crippen LogP contribution in [-0.2, 0) is 21.2 Å². The second-order valence-corrected chi connectivity index (χ2v) is 10.7. The fourth-order valence-corrected chi connectivity index (χ4v) is 5.61. The fraction of sp³-hybridized carbons (Fsp3) is 0.269. The molecule has 3 aromatic rings. The predicted octanol–water partition coefficient (Wildman–Crippen LogP) is 2.34. The van der Waals surface area contributed by atoms with Crippen molar-refractivity contribution in [2.45, 2.75) is 36.6 Å². The summed E-state index contributed by atoms with van der Waals surface area (Å²) in [6.07, 6.45) is 2.71. The van der Waals surface area contributed by atoms with E-state index in [0.717, 1.165) is 24.6 Å². The third-order valence-corrected chi connectivity index (χ3v) is 7.72. The van der Waals surface area contributed by atoms with Gasteiger partial charge in [-0.1, -0.05) is 36.4 Å². The minimum Gasteiger partial charge on any atom is -0.480 e. The average Bonchev–Trinajstić information content (AvgIpc) is 2.88. The summed E-state index contributed by atoms with van der Waals surface area (Å²) < 4.78 is 28.3. The lowest BCUT2D eigenvalue weighted by Gasteiger charge is -2.27. The molecule has 0 radical (unpaired) electrons. The maximum Gasteiger partial charge on any atom is 0.322 e. The average molecular weight is 524 g/mol. The lowest BCUT2D eigenvalue weighted by Crippen LogP contribution is -2.42. The van der Waals surface area contributed by atoms with Crippen molar-refractivity contribution in [1.29, 1.82) is 0 Å². The first-order chi connectivity index (χ1) is 17.6. The Balaban J connectivity index is 1.59. The number of aliphatic imine (C=N–C) groups is 1. The van der Waals surface area contributed by atoms with Gasteiger partial charge >= 0.3 is 5.97 Å². The molecule has 0 unspecified atom stereocenters. The van der Waals surface area contributed by atoms with Gasteiger partial charge in [0.1, 0.15) is 6.04 Å². The fourth-order valence-electron chi connectivity index (χ4n) is 4.39. The highest BCUT2D eigenvalue weighted by Crippen LogP contribution is 2.26. The number of benzene rings is 3. The quantitative estimate of drug-likeness (QED) is 0.259. The van der Waals surface area contributed by atoms with Crippen molar-refractivity contribution in [2.75, 3.05) is 13.1 Å². The second-order valence-electron chi connectivity index (χ2n) is 8.97. The molecule has 1 saturated heterocycles. The molecule has 1 heterocycles. The largest absolute Gasteiger partial charge is 0.480 e. The van der Waals surface area contributed by atoms with Gasteiger partial charge in [0.15, 0.2) is 5.96 Å². The molecule has 11 heteroatoms. The van der Waals surface area contributed by atoms with E-state index in [-0.39, 0.29) is 28.9 Å². The van der Waals surface area contributed by atoms with E-state index in [1.807, 2.05) is 12.1 Å². The van der Waals surface area contributed by atoms with Crippen molar-refractivity contribution >= 4 is 44.3 Å². The number of amides is 1. The van der Waals surface area contributed by atoms with Crippen LogP contribution in [0.15, 0.2) is 70.6 Å². The third kappa shape index (κ3) is 6.25. The van der Waals surface area contributed by atoms with Gasteiger partial charge in [-0.25, -0.2) is 13.4 Å². The maximum atomic E-state index is 13.1. The molecule has 6 N–H and O–H groups in total.